The van der Waals surface area contributed by atoms with Crippen LogP contribution in [-0.4, -0.2) is 29.9 Å². The van der Waals surface area contributed by atoms with Gasteiger partial charge < -0.3 is 4.43 Å². The Labute approximate surface area is 122 Å². The standard InChI is InChI=1S/C14H31NO2SSi/c1-10-12(15-18(16)13(2,3)4)11-17-19(8,9)14(5,6)7/h10,12,15H,1,11H2,2-9H3/t12-,18+/m0/s1. The van der Waals surface area contributed by atoms with E-state index >= 15 is 0 Å². The van der Waals surface area contributed by atoms with Crippen LogP contribution in [0.4, 0.5) is 0 Å². The number of nitrogens with one attached hydrogen (secondary N) is 1. The first-order valence-corrected chi connectivity index (χ1v) is 10.8. The van der Waals surface area contributed by atoms with Crippen molar-refractivity contribution in [2.45, 2.75) is 70.5 Å². The minimum atomic E-state index is -1.77. The zero-order valence-electron chi connectivity index (χ0n) is 13.8. The summed E-state index contributed by atoms with van der Waals surface area (Å²) >= 11 is 0. The quantitative estimate of drug-likeness (QED) is 0.601. The Morgan fingerprint density at radius 1 is 1.26 bits per heavy atom. The average molecular weight is 306 g/mol. The molecule has 0 aliphatic heterocycles. The van der Waals surface area contributed by atoms with Crippen LogP contribution in [0, 0.1) is 0 Å². The van der Waals surface area contributed by atoms with Crippen molar-refractivity contribution < 1.29 is 8.63 Å². The molecule has 0 aliphatic rings. The molecule has 0 rings (SSSR count). The van der Waals surface area contributed by atoms with Crippen LogP contribution in [0.5, 0.6) is 0 Å². The van der Waals surface area contributed by atoms with Crippen LogP contribution in [0.25, 0.3) is 0 Å². The molecule has 0 amide bonds. The van der Waals surface area contributed by atoms with Crippen molar-refractivity contribution in [3.63, 3.8) is 0 Å². The number of rotatable bonds is 6. The Balaban J connectivity index is 4.53. The van der Waals surface area contributed by atoms with Crippen molar-refractivity contribution in [3.8, 4) is 0 Å². The molecule has 0 saturated carbocycles. The van der Waals surface area contributed by atoms with Crippen molar-refractivity contribution in [1.82, 2.24) is 4.72 Å². The molecular formula is C14H31NO2SSi. The first-order valence-electron chi connectivity index (χ1n) is 6.76. The van der Waals surface area contributed by atoms with Crippen molar-refractivity contribution in [1.29, 1.82) is 0 Å². The fraction of sp³-hybridized carbons (Fsp3) is 0.857. The molecule has 0 unspecified atom stereocenters. The van der Waals surface area contributed by atoms with Gasteiger partial charge in [0.1, 0.15) is 0 Å². The van der Waals surface area contributed by atoms with Gasteiger partial charge in [-0.2, -0.15) is 0 Å². The van der Waals surface area contributed by atoms with Gasteiger partial charge in [0, 0.05) is 0 Å². The second kappa shape index (κ2) is 6.65. The van der Waals surface area contributed by atoms with Crippen LogP contribution in [0.2, 0.25) is 18.1 Å². The van der Waals surface area contributed by atoms with Crippen molar-refractivity contribution in [2.75, 3.05) is 6.61 Å². The second-order valence-electron chi connectivity index (χ2n) is 7.41. The van der Waals surface area contributed by atoms with E-state index in [1.54, 1.807) is 6.08 Å². The monoisotopic (exact) mass is 305 g/mol. The summed E-state index contributed by atoms with van der Waals surface area (Å²) in [7, 11) is -2.87. The zero-order valence-corrected chi connectivity index (χ0v) is 15.6. The molecule has 0 aromatic carbocycles. The molecule has 0 bridgehead atoms. The molecule has 0 aromatic heterocycles. The summed E-state index contributed by atoms with van der Waals surface area (Å²) in [6, 6.07) is -0.0748. The molecule has 2 atom stereocenters. The highest BCUT2D eigenvalue weighted by atomic mass is 32.2. The molecule has 0 radical (unpaired) electrons. The summed E-state index contributed by atoms with van der Waals surface area (Å²) in [6.07, 6.45) is 1.77. The van der Waals surface area contributed by atoms with Gasteiger partial charge in [0.15, 0.2) is 8.32 Å². The lowest BCUT2D eigenvalue weighted by Crippen LogP contribution is -2.46. The lowest BCUT2D eigenvalue weighted by Gasteiger charge is -2.37. The van der Waals surface area contributed by atoms with E-state index in [1.807, 2.05) is 20.8 Å². The number of hydrogen-bond acceptors (Lipinski definition) is 2. The van der Waals surface area contributed by atoms with Gasteiger partial charge in [-0.25, -0.2) is 8.93 Å². The van der Waals surface area contributed by atoms with Crippen LogP contribution in [-0.2, 0) is 15.4 Å². The van der Waals surface area contributed by atoms with Crippen LogP contribution in [0.1, 0.15) is 41.5 Å². The first-order chi connectivity index (χ1) is 8.31. The molecule has 0 spiro atoms. The molecule has 0 saturated heterocycles. The van der Waals surface area contributed by atoms with Gasteiger partial charge in [0.25, 0.3) is 0 Å². The van der Waals surface area contributed by atoms with Gasteiger partial charge in [0.05, 0.1) is 28.4 Å². The van der Waals surface area contributed by atoms with E-state index < -0.39 is 19.3 Å². The van der Waals surface area contributed by atoms with E-state index in [0.717, 1.165) is 0 Å². The predicted molar refractivity (Wildman–Crippen MR) is 88.2 cm³/mol. The van der Waals surface area contributed by atoms with Gasteiger partial charge in [-0.15, -0.1) is 6.58 Å². The maximum Gasteiger partial charge on any atom is 0.192 e. The second-order valence-corrected chi connectivity index (χ2v) is 14.2. The minimum absolute atomic E-state index is 0.0748. The van der Waals surface area contributed by atoms with E-state index in [1.165, 1.54) is 0 Å². The summed E-state index contributed by atoms with van der Waals surface area (Å²) in [5, 5.41) is 0.182. The Hall–Kier alpha value is 0.0269. The third-order valence-electron chi connectivity index (χ3n) is 3.53. The Morgan fingerprint density at radius 2 is 1.74 bits per heavy atom. The summed E-state index contributed by atoms with van der Waals surface area (Å²) in [5.74, 6) is 0. The zero-order chi connectivity index (χ0) is 15.5. The molecule has 19 heavy (non-hydrogen) atoms. The smallest absolute Gasteiger partial charge is 0.192 e. The van der Waals surface area contributed by atoms with E-state index in [-0.39, 0.29) is 15.8 Å². The highest BCUT2D eigenvalue weighted by Crippen LogP contribution is 2.36. The topological polar surface area (TPSA) is 38.3 Å². The van der Waals surface area contributed by atoms with Gasteiger partial charge in [-0.3, -0.25) is 0 Å². The molecule has 5 heteroatoms. The normalized spacial score (nSPS) is 17.1. The van der Waals surface area contributed by atoms with Crippen LogP contribution in [0.15, 0.2) is 12.7 Å². The van der Waals surface area contributed by atoms with E-state index in [9.17, 15) is 4.21 Å². The lowest BCUT2D eigenvalue weighted by molar-refractivity contribution is 0.273. The largest absolute Gasteiger partial charge is 0.415 e. The third-order valence-corrected chi connectivity index (χ3v) is 9.66. The SMILES string of the molecule is C=C[C@@H](CO[Si](C)(C)C(C)(C)C)N[S@](=O)C(C)(C)C. The molecule has 0 fully saturated rings. The molecular weight excluding hydrogens is 274 g/mol. The van der Waals surface area contributed by atoms with Crippen molar-refractivity contribution >= 4 is 19.3 Å². The van der Waals surface area contributed by atoms with Gasteiger partial charge >= 0.3 is 0 Å². The van der Waals surface area contributed by atoms with Crippen molar-refractivity contribution in [2.24, 2.45) is 0 Å². The summed E-state index contributed by atoms with van der Waals surface area (Å²) in [5.41, 5.74) is 0. The van der Waals surface area contributed by atoms with E-state index in [0.29, 0.717) is 6.61 Å². The highest BCUT2D eigenvalue weighted by molar-refractivity contribution is 7.84. The van der Waals surface area contributed by atoms with Gasteiger partial charge in [-0.05, 0) is 38.9 Å². The minimum Gasteiger partial charge on any atom is -0.415 e. The first kappa shape index (κ1) is 19.0. The van der Waals surface area contributed by atoms with Gasteiger partial charge in [-0.1, -0.05) is 26.8 Å². The predicted octanol–water partition coefficient (Wildman–Crippen LogP) is 3.61. The third kappa shape index (κ3) is 6.34. The Kier molecular flexibility index (Phi) is 6.66. The summed E-state index contributed by atoms with van der Waals surface area (Å²) in [4.78, 5) is 0. The fourth-order valence-corrected chi connectivity index (χ4v) is 2.80. The molecule has 3 nitrogen and oxygen atoms in total. The highest BCUT2D eigenvalue weighted by Gasteiger charge is 2.37. The molecule has 0 heterocycles. The van der Waals surface area contributed by atoms with Crippen molar-refractivity contribution in [3.05, 3.63) is 12.7 Å². The van der Waals surface area contributed by atoms with Crippen LogP contribution < -0.4 is 4.72 Å². The maximum absolute atomic E-state index is 12.1. The molecule has 1 N–H and O–H groups in total. The van der Waals surface area contributed by atoms with Gasteiger partial charge in [0.2, 0.25) is 0 Å². The van der Waals surface area contributed by atoms with Crippen LogP contribution >= 0.6 is 0 Å². The fourth-order valence-electron chi connectivity index (χ4n) is 0.979. The molecule has 0 aliphatic carbocycles. The summed E-state index contributed by atoms with van der Waals surface area (Å²) in [6.45, 7) is 21.2. The number of hydrogen-bond donors (Lipinski definition) is 1. The Morgan fingerprint density at radius 3 is 2.05 bits per heavy atom. The van der Waals surface area contributed by atoms with E-state index in [2.05, 4.69) is 45.2 Å². The van der Waals surface area contributed by atoms with E-state index in [4.69, 9.17) is 4.43 Å². The summed E-state index contributed by atoms with van der Waals surface area (Å²) < 4.78 is 21.0. The molecule has 0 aromatic rings. The van der Waals surface area contributed by atoms with Crippen LogP contribution in [0.3, 0.4) is 0 Å². The Bertz CT molecular complexity index is 329. The maximum atomic E-state index is 12.1. The average Bonchev–Trinajstić information content (AvgIpc) is 2.20. The lowest BCUT2D eigenvalue weighted by atomic mass is 10.2. The molecule has 114 valence electrons.